The molecule has 0 bridgehead atoms. The second kappa shape index (κ2) is 5.85. The molecular formula is C14H15ClN2O. The number of halogens is 1. The maximum atomic E-state index is 6.30. The van der Waals surface area contributed by atoms with E-state index >= 15 is 0 Å². The van der Waals surface area contributed by atoms with Crippen LogP contribution >= 0.6 is 11.6 Å². The van der Waals surface area contributed by atoms with Gasteiger partial charge in [-0.15, -0.1) is 0 Å². The zero-order chi connectivity index (χ0) is 13.0. The summed E-state index contributed by atoms with van der Waals surface area (Å²) >= 11 is 6.30. The highest BCUT2D eigenvalue weighted by Crippen LogP contribution is 2.30. The Hall–Kier alpha value is -1.58. The molecule has 4 heteroatoms. The molecule has 1 aromatic heterocycles. The summed E-state index contributed by atoms with van der Waals surface area (Å²) in [5.74, 6) is 0.758. The summed E-state index contributed by atoms with van der Waals surface area (Å²) in [6, 6.07) is 9.70. The molecule has 0 spiro atoms. The van der Waals surface area contributed by atoms with E-state index in [9.17, 15) is 0 Å². The van der Waals surface area contributed by atoms with Gasteiger partial charge in [0.1, 0.15) is 5.75 Å². The van der Waals surface area contributed by atoms with Crippen molar-refractivity contribution in [1.29, 1.82) is 0 Å². The Balaban J connectivity index is 2.39. The van der Waals surface area contributed by atoms with Crippen LogP contribution in [0.3, 0.4) is 0 Å². The van der Waals surface area contributed by atoms with Gasteiger partial charge in [-0.2, -0.15) is 0 Å². The van der Waals surface area contributed by atoms with Crippen LogP contribution < -0.4 is 10.1 Å². The van der Waals surface area contributed by atoms with E-state index in [4.69, 9.17) is 16.3 Å². The highest BCUT2D eigenvalue weighted by atomic mass is 35.5. The summed E-state index contributed by atoms with van der Waals surface area (Å²) in [7, 11) is 3.54. The van der Waals surface area contributed by atoms with E-state index < -0.39 is 0 Å². The summed E-state index contributed by atoms with van der Waals surface area (Å²) in [5.41, 5.74) is 2.14. The number of nitrogens with zero attached hydrogens (tertiary/aromatic N) is 1. The zero-order valence-electron chi connectivity index (χ0n) is 10.4. The van der Waals surface area contributed by atoms with Crippen molar-refractivity contribution in [3.8, 4) is 5.75 Å². The van der Waals surface area contributed by atoms with E-state index in [1.165, 1.54) is 0 Å². The number of benzene rings is 1. The van der Waals surface area contributed by atoms with Gasteiger partial charge in [-0.25, -0.2) is 0 Å². The Morgan fingerprint density at radius 1 is 1.22 bits per heavy atom. The standard InChI is InChI=1S/C14H15ClN2O/c1-16-14(10-5-7-17-8-6-10)12-4-3-11(18-2)9-13(12)15/h3-9,14,16H,1-2H3. The summed E-state index contributed by atoms with van der Waals surface area (Å²) in [6.07, 6.45) is 3.55. The molecule has 0 aliphatic heterocycles. The van der Waals surface area contributed by atoms with Gasteiger partial charge in [0.2, 0.25) is 0 Å². The van der Waals surface area contributed by atoms with Crippen molar-refractivity contribution in [1.82, 2.24) is 10.3 Å². The van der Waals surface area contributed by atoms with Gasteiger partial charge in [0, 0.05) is 17.4 Å². The summed E-state index contributed by atoms with van der Waals surface area (Å²) < 4.78 is 5.15. The van der Waals surface area contributed by atoms with E-state index in [1.807, 2.05) is 37.4 Å². The Morgan fingerprint density at radius 3 is 2.50 bits per heavy atom. The second-order valence-corrected chi connectivity index (χ2v) is 4.30. The van der Waals surface area contributed by atoms with Gasteiger partial charge in [0.05, 0.1) is 13.2 Å². The van der Waals surface area contributed by atoms with Crippen LogP contribution in [-0.2, 0) is 0 Å². The van der Waals surface area contributed by atoms with Crippen molar-refractivity contribution >= 4 is 11.6 Å². The first-order valence-corrected chi connectivity index (χ1v) is 6.04. The molecule has 0 aliphatic carbocycles. The molecular weight excluding hydrogens is 248 g/mol. The fraction of sp³-hybridized carbons (Fsp3) is 0.214. The van der Waals surface area contributed by atoms with E-state index in [0.717, 1.165) is 16.9 Å². The molecule has 1 N–H and O–H groups in total. The fourth-order valence-electron chi connectivity index (χ4n) is 1.93. The summed E-state index contributed by atoms with van der Waals surface area (Å²) in [4.78, 5) is 4.02. The predicted molar refractivity (Wildman–Crippen MR) is 73.1 cm³/mol. The third-order valence-corrected chi connectivity index (χ3v) is 3.17. The number of hydrogen-bond acceptors (Lipinski definition) is 3. The monoisotopic (exact) mass is 262 g/mol. The van der Waals surface area contributed by atoms with E-state index in [1.54, 1.807) is 19.5 Å². The lowest BCUT2D eigenvalue weighted by atomic mass is 10.00. The summed E-state index contributed by atoms with van der Waals surface area (Å²) in [5, 5.41) is 3.95. The molecule has 2 aromatic rings. The first-order valence-electron chi connectivity index (χ1n) is 5.67. The van der Waals surface area contributed by atoms with Crippen molar-refractivity contribution in [2.75, 3.05) is 14.2 Å². The quantitative estimate of drug-likeness (QED) is 0.920. The minimum Gasteiger partial charge on any atom is -0.497 e. The SMILES string of the molecule is CNC(c1ccncc1)c1ccc(OC)cc1Cl. The van der Waals surface area contributed by atoms with Crippen LogP contribution in [0.2, 0.25) is 5.02 Å². The highest BCUT2D eigenvalue weighted by molar-refractivity contribution is 6.31. The maximum absolute atomic E-state index is 6.30. The molecule has 1 aromatic carbocycles. The topological polar surface area (TPSA) is 34.2 Å². The van der Waals surface area contributed by atoms with Crippen molar-refractivity contribution in [2.45, 2.75) is 6.04 Å². The number of nitrogens with one attached hydrogen (secondary N) is 1. The number of ether oxygens (including phenoxy) is 1. The lowest BCUT2D eigenvalue weighted by Crippen LogP contribution is -2.18. The van der Waals surface area contributed by atoms with Gasteiger partial charge in [-0.3, -0.25) is 4.98 Å². The molecule has 1 heterocycles. The van der Waals surface area contributed by atoms with E-state index in [2.05, 4.69) is 10.3 Å². The van der Waals surface area contributed by atoms with Crippen molar-refractivity contribution in [3.63, 3.8) is 0 Å². The molecule has 94 valence electrons. The van der Waals surface area contributed by atoms with Crippen molar-refractivity contribution in [3.05, 3.63) is 58.9 Å². The molecule has 0 saturated carbocycles. The Morgan fingerprint density at radius 2 is 1.94 bits per heavy atom. The first-order chi connectivity index (χ1) is 8.76. The minimum atomic E-state index is 0.0476. The first kappa shape index (κ1) is 12.9. The average molecular weight is 263 g/mol. The van der Waals surface area contributed by atoms with Gasteiger partial charge >= 0.3 is 0 Å². The third-order valence-electron chi connectivity index (χ3n) is 2.85. The molecule has 1 atom stereocenters. The number of rotatable bonds is 4. The van der Waals surface area contributed by atoms with Crippen LogP contribution in [-0.4, -0.2) is 19.1 Å². The van der Waals surface area contributed by atoms with E-state index in [-0.39, 0.29) is 6.04 Å². The molecule has 0 radical (unpaired) electrons. The van der Waals surface area contributed by atoms with Gasteiger partial charge in [0.15, 0.2) is 0 Å². The molecule has 0 fully saturated rings. The van der Waals surface area contributed by atoms with Gasteiger partial charge in [-0.05, 0) is 42.4 Å². The molecule has 3 nitrogen and oxygen atoms in total. The number of pyridine rings is 1. The van der Waals surface area contributed by atoms with Crippen LogP contribution in [0.25, 0.3) is 0 Å². The van der Waals surface area contributed by atoms with Gasteiger partial charge in [-0.1, -0.05) is 17.7 Å². The highest BCUT2D eigenvalue weighted by Gasteiger charge is 2.15. The predicted octanol–water partition coefficient (Wildman–Crippen LogP) is 3.05. The van der Waals surface area contributed by atoms with Crippen LogP contribution in [0.15, 0.2) is 42.7 Å². The summed E-state index contributed by atoms with van der Waals surface area (Å²) in [6.45, 7) is 0. The molecule has 0 saturated heterocycles. The van der Waals surface area contributed by atoms with Crippen molar-refractivity contribution in [2.24, 2.45) is 0 Å². The Kier molecular flexibility index (Phi) is 4.18. The van der Waals surface area contributed by atoms with Crippen LogP contribution in [0.5, 0.6) is 5.75 Å². The maximum Gasteiger partial charge on any atom is 0.120 e. The Bertz CT molecular complexity index is 516. The number of aromatic nitrogens is 1. The van der Waals surface area contributed by atoms with Crippen molar-refractivity contribution < 1.29 is 4.74 Å². The van der Waals surface area contributed by atoms with Gasteiger partial charge < -0.3 is 10.1 Å². The molecule has 18 heavy (non-hydrogen) atoms. The minimum absolute atomic E-state index is 0.0476. The average Bonchev–Trinajstić information content (AvgIpc) is 2.42. The smallest absolute Gasteiger partial charge is 0.120 e. The van der Waals surface area contributed by atoms with E-state index in [0.29, 0.717) is 5.02 Å². The number of hydrogen-bond donors (Lipinski definition) is 1. The third kappa shape index (κ3) is 2.63. The lowest BCUT2D eigenvalue weighted by molar-refractivity contribution is 0.414. The largest absolute Gasteiger partial charge is 0.497 e. The molecule has 1 unspecified atom stereocenters. The normalized spacial score (nSPS) is 12.2. The second-order valence-electron chi connectivity index (χ2n) is 3.89. The molecule has 0 amide bonds. The zero-order valence-corrected chi connectivity index (χ0v) is 11.1. The van der Waals surface area contributed by atoms with Crippen LogP contribution in [0.1, 0.15) is 17.2 Å². The lowest BCUT2D eigenvalue weighted by Gasteiger charge is -2.18. The van der Waals surface area contributed by atoms with Crippen LogP contribution in [0.4, 0.5) is 0 Å². The molecule has 0 aliphatic rings. The molecule has 2 rings (SSSR count). The fourth-order valence-corrected chi connectivity index (χ4v) is 2.21. The van der Waals surface area contributed by atoms with Gasteiger partial charge in [0.25, 0.3) is 0 Å². The van der Waals surface area contributed by atoms with Crippen LogP contribution in [0, 0.1) is 0 Å². The number of methoxy groups -OCH3 is 1. The Labute approximate surface area is 112 Å².